The van der Waals surface area contributed by atoms with Gasteiger partial charge in [0.1, 0.15) is 0 Å². The van der Waals surface area contributed by atoms with Gasteiger partial charge in [-0.05, 0) is 29.8 Å². The molecular weight excluding hydrogens is 442 g/mol. The van der Waals surface area contributed by atoms with Crippen molar-refractivity contribution in [2.45, 2.75) is 6.54 Å². The highest BCUT2D eigenvalue weighted by molar-refractivity contribution is 9.10. The zero-order chi connectivity index (χ0) is 16.8. The van der Waals surface area contributed by atoms with E-state index in [9.17, 15) is 4.79 Å². The van der Waals surface area contributed by atoms with Gasteiger partial charge in [-0.3, -0.25) is 4.79 Å². The molecule has 0 bridgehead atoms. The maximum Gasteiger partial charge on any atom is 0.227 e. The Morgan fingerprint density at radius 2 is 1.56 bits per heavy atom. The van der Waals surface area contributed by atoms with Crippen LogP contribution in [0.3, 0.4) is 0 Å². The van der Waals surface area contributed by atoms with Crippen LogP contribution in [0.5, 0.6) is 0 Å². The van der Waals surface area contributed by atoms with Crippen molar-refractivity contribution < 1.29 is 26.3 Å². The van der Waals surface area contributed by atoms with Crippen molar-refractivity contribution in [1.82, 2.24) is 0 Å². The number of aromatic nitrogens is 1. The van der Waals surface area contributed by atoms with Gasteiger partial charge in [-0.25, -0.2) is 0 Å². The van der Waals surface area contributed by atoms with Gasteiger partial charge in [0.15, 0.2) is 6.20 Å². The van der Waals surface area contributed by atoms with E-state index in [-0.39, 0.29) is 22.8 Å². The van der Waals surface area contributed by atoms with Crippen LogP contribution in [-0.2, 0) is 6.54 Å². The van der Waals surface area contributed by atoms with Crippen LogP contribution in [0, 0.1) is 0 Å². The van der Waals surface area contributed by atoms with Crippen molar-refractivity contribution in [2.75, 3.05) is 0 Å². The minimum Gasteiger partial charge on any atom is -1.00 e. The molecule has 1 aromatic heterocycles. The quantitative estimate of drug-likeness (QED) is 0.422. The third-order valence-corrected chi connectivity index (χ3v) is 4.23. The summed E-state index contributed by atoms with van der Waals surface area (Å²) < 4.78 is 2.93. The Morgan fingerprint density at radius 3 is 2.28 bits per heavy atom. The molecule has 4 heteroatoms. The van der Waals surface area contributed by atoms with Crippen LogP contribution in [0.15, 0.2) is 83.5 Å². The number of benzene rings is 2. The Labute approximate surface area is 166 Å². The first kappa shape index (κ1) is 19.3. The summed E-state index contributed by atoms with van der Waals surface area (Å²) in [4.78, 5) is 12.5. The second-order valence-corrected chi connectivity index (χ2v) is 6.34. The van der Waals surface area contributed by atoms with Gasteiger partial charge in [-0.15, -0.1) is 0 Å². The molecule has 0 amide bonds. The van der Waals surface area contributed by atoms with Crippen molar-refractivity contribution >= 4 is 33.9 Å². The number of Topliss-reactive ketones (excluding diaryl/α,β-unsaturated/α-hetero) is 1. The topological polar surface area (TPSA) is 20.9 Å². The minimum atomic E-state index is 0. The fourth-order valence-electron chi connectivity index (χ4n) is 2.41. The lowest BCUT2D eigenvalue weighted by atomic mass is 10.1. The third-order valence-electron chi connectivity index (χ3n) is 3.70. The Kier molecular flexibility index (Phi) is 7.29. The molecule has 25 heavy (non-hydrogen) atoms. The Balaban J connectivity index is 0.00000225. The maximum atomic E-state index is 12.5. The Bertz CT molecular complexity index is 859. The number of hydrogen-bond donors (Lipinski definition) is 0. The number of rotatable bonds is 5. The molecule has 1 heterocycles. The zero-order valence-corrected chi connectivity index (χ0v) is 16.7. The van der Waals surface area contributed by atoms with Crippen molar-refractivity contribution in [3.63, 3.8) is 0 Å². The molecule has 3 rings (SSSR count). The number of halogens is 2. The molecule has 0 fully saturated rings. The van der Waals surface area contributed by atoms with Gasteiger partial charge in [-0.1, -0.05) is 58.4 Å². The molecule has 126 valence electrons. The largest absolute Gasteiger partial charge is 1.00 e. The zero-order valence-electron chi connectivity index (χ0n) is 13.5. The van der Waals surface area contributed by atoms with Crippen molar-refractivity contribution in [1.29, 1.82) is 0 Å². The second-order valence-electron chi connectivity index (χ2n) is 5.43. The molecule has 0 aliphatic heterocycles. The normalized spacial score (nSPS) is 10.4. The summed E-state index contributed by atoms with van der Waals surface area (Å²) >= 11 is 3.39. The number of ketones is 1. The van der Waals surface area contributed by atoms with E-state index in [1.54, 1.807) is 0 Å². The van der Waals surface area contributed by atoms with Crippen LogP contribution in [0.4, 0.5) is 0 Å². The molecule has 0 spiro atoms. The lowest BCUT2D eigenvalue weighted by Crippen LogP contribution is -3.00. The van der Waals surface area contributed by atoms with Gasteiger partial charge in [-0.2, -0.15) is 4.57 Å². The Hall–Kier alpha value is -2.04. The van der Waals surface area contributed by atoms with Crippen LogP contribution in [0.25, 0.3) is 12.2 Å². The third kappa shape index (κ3) is 5.48. The van der Waals surface area contributed by atoms with Crippen LogP contribution in [0.2, 0.25) is 0 Å². The molecule has 0 radical (unpaired) electrons. The number of pyridine rings is 1. The van der Waals surface area contributed by atoms with Gasteiger partial charge in [0, 0.05) is 28.2 Å². The summed E-state index contributed by atoms with van der Waals surface area (Å²) in [7, 11) is 0. The van der Waals surface area contributed by atoms with E-state index in [0.29, 0.717) is 12.1 Å². The SMILES string of the molecule is O=C(C[n+]1ccccc1/C=C/c1ccccc1)c1ccc(Br)cc1.[Br-]. The molecule has 0 unspecified atom stereocenters. The maximum absolute atomic E-state index is 12.5. The average Bonchev–Trinajstić information content (AvgIpc) is 2.62. The van der Waals surface area contributed by atoms with Crippen molar-refractivity contribution in [2.24, 2.45) is 0 Å². The Morgan fingerprint density at radius 1 is 0.880 bits per heavy atom. The van der Waals surface area contributed by atoms with Crippen LogP contribution in [0.1, 0.15) is 21.6 Å². The number of hydrogen-bond acceptors (Lipinski definition) is 1. The molecule has 2 nitrogen and oxygen atoms in total. The van der Waals surface area contributed by atoms with Crippen LogP contribution >= 0.6 is 15.9 Å². The highest BCUT2D eigenvalue weighted by atomic mass is 79.9. The van der Waals surface area contributed by atoms with Crippen LogP contribution in [-0.4, -0.2) is 5.78 Å². The van der Waals surface area contributed by atoms with E-state index in [4.69, 9.17) is 0 Å². The molecule has 0 N–H and O–H groups in total. The smallest absolute Gasteiger partial charge is 0.227 e. The fourth-order valence-corrected chi connectivity index (χ4v) is 2.68. The minimum absolute atomic E-state index is 0. The standard InChI is InChI=1S/C21H17BrNO.BrH/c22-19-12-10-18(11-13-19)21(24)16-23-15-5-4-8-20(23)14-9-17-6-2-1-3-7-17;/h1-15H,16H2;1H/q+1;/p-1/b14-9+;. The molecular formula is C21H17Br2NO. The highest BCUT2D eigenvalue weighted by Crippen LogP contribution is 2.11. The molecule has 0 saturated carbocycles. The van der Waals surface area contributed by atoms with Gasteiger partial charge >= 0.3 is 0 Å². The van der Waals surface area contributed by atoms with E-state index in [2.05, 4.69) is 34.1 Å². The lowest BCUT2D eigenvalue weighted by molar-refractivity contribution is -0.684. The van der Waals surface area contributed by atoms with Gasteiger partial charge in [0.25, 0.3) is 0 Å². The second kappa shape index (κ2) is 9.44. The van der Waals surface area contributed by atoms with Gasteiger partial charge in [0.2, 0.25) is 18.0 Å². The first-order valence-corrected chi connectivity index (χ1v) is 8.52. The molecule has 0 aliphatic rings. The fraction of sp³-hybridized carbons (Fsp3) is 0.0476. The van der Waals surface area contributed by atoms with E-state index in [1.165, 1.54) is 0 Å². The van der Waals surface area contributed by atoms with Gasteiger partial charge in [0.05, 0.1) is 0 Å². The predicted octanol–water partition coefficient (Wildman–Crippen LogP) is 1.79. The van der Waals surface area contributed by atoms with E-state index < -0.39 is 0 Å². The highest BCUT2D eigenvalue weighted by Gasteiger charge is 2.14. The number of carbonyl (C=O) groups is 1. The van der Waals surface area contributed by atoms with Crippen molar-refractivity contribution in [3.05, 3.63) is 100 Å². The van der Waals surface area contributed by atoms with Crippen LogP contribution < -0.4 is 21.5 Å². The monoisotopic (exact) mass is 457 g/mol. The van der Waals surface area contributed by atoms with E-state index >= 15 is 0 Å². The molecule has 0 aliphatic carbocycles. The van der Waals surface area contributed by atoms with E-state index in [1.807, 2.05) is 77.5 Å². The summed E-state index contributed by atoms with van der Waals surface area (Å²) in [5.74, 6) is 0.0908. The lowest BCUT2D eigenvalue weighted by Gasteiger charge is -2.01. The average molecular weight is 459 g/mol. The van der Waals surface area contributed by atoms with Gasteiger partial charge < -0.3 is 17.0 Å². The van der Waals surface area contributed by atoms with E-state index in [0.717, 1.165) is 15.7 Å². The summed E-state index contributed by atoms with van der Waals surface area (Å²) in [5.41, 5.74) is 2.84. The van der Waals surface area contributed by atoms with Crippen molar-refractivity contribution in [3.8, 4) is 0 Å². The first-order valence-electron chi connectivity index (χ1n) is 7.73. The molecule has 3 aromatic rings. The summed E-state index contributed by atoms with van der Waals surface area (Å²) in [6.07, 6.45) is 6.02. The molecule has 2 aromatic carbocycles. The summed E-state index contributed by atoms with van der Waals surface area (Å²) in [5, 5.41) is 0. The molecule has 0 saturated heterocycles. The number of carbonyl (C=O) groups excluding carboxylic acids is 1. The summed E-state index contributed by atoms with van der Waals surface area (Å²) in [6.45, 7) is 0.316. The first-order chi connectivity index (χ1) is 11.7. The predicted molar refractivity (Wildman–Crippen MR) is 100 cm³/mol. The molecule has 0 atom stereocenters. The number of nitrogens with zero attached hydrogens (tertiary/aromatic N) is 1. The summed E-state index contributed by atoms with van der Waals surface area (Å²) in [6, 6.07) is 23.5.